The Morgan fingerprint density at radius 2 is 1.72 bits per heavy atom. The van der Waals surface area contributed by atoms with Gasteiger partial charge in [-0.05, 0) is 65.2 Å². The molecule has 0 N–H and O–H groups in total. The van der Waals surface area contributed by atoms with Crippen LogP contribution in [0.25, 0.3) is 0 Å². The van der Waals surface area contributed by atoms with Crippen molar-refractivity contribution in [2.24, 2.45) is 20.0 Å². The molecule has 2 spiro atoms. The van der Waals surface area contributed by atoms with Gasteiger partial charge in [-0.25, -0.2) is 9.98 Å². The summed E-state index contributed by atoms with van der Waals surface area (Å²) >= 11 is 0. The van der Waals surface area contributed by atoms with Crippen LogP contribution < -0.4 is 15.5 Å². The van der Waals surface area contributed by atoms with Crippen LogP contribution in [0, 0.1) is 0 Å². The number of benzene rings is 1. The number of hydrogen-bond donors (Lipinski definition) is 0. The van der Waals surface area contributed by atoms with E-state index in [9.17, 15) is 0 Å². The topological polar surface area (TPSA) is 77.1 Å². The van der Waals surface area contributed by atoms with Crippen LogP contribution in [0.1, 0.15) is 59.8 Å². The Hall–Kier alpha value is -2.54. The number of fused-ring (bicyclic) bond motifs is 3. The first kappa shape index (κ1) is 21.3. The molecule has 1 aromatic carbocycles. The van der Waals surface area contributed by atoms with Gasteiger partial charge >= 0.3 is 0 Å². The van der Waals surface area contributed by atoms with E-state index < -0.39 is 11.3 Å². The zero-order valence-corrected chi connectivity index (χ0v) is 19.6. The van der Waals surface area contributed by atoms with Crippen molar-refractivity contribution < 1.29 is 14.2 Å². The molecule has 0 aromatic heterocycles. The maximum absolute atomic E-state index is 6.27. The maximum Gasteiger partial charge on any atom is 0.252 e. The van der Waals surface area contributed by atoms with Gasteiger partial charge in [0.2, 0.25) is 0 Å². The van der Waals surface area contributed by atoms with Crippen molar-refractivity contribution in [3.63, 3.8) is 0 Å². The molecule has 5 rings (SSSR count). The first-order chi connectivity index (χ1) is 15.3. The smallest absolute Gasteiger partial charge is 0.252 e. The Morgan fingerprint density at radius 3 is 2.47 bits per heavy atom. The Balaban J connectivity index is 1.66. The minimum absolute atomic E-state index is 0.00271. The average Bonchev–Trinajstić information content (AvgIpc) is 3.30. The third-order valence-electron chi connectivity index (χ3n) is 6.37. The first-order valence-corrected chi connectivity index (χ1v) is 11.7. The highest BCUT2D eigenvalue weighted by atomic mass is 16.5. The Kier molecular flexibility index (Phi) is 5.19. The quantitative estimate of drug-likeness (QED) is 0.710. The van der Waals surface area contributed by atoms with Gasteiger partial charge in [0.15, 0.2) is 5.66 Å². The minimum Gasteiger partial charge on any atom is -0.491 e. The lowest BCUT2D eigenvalue weighted by Crippen LogP contribution is -2.45. The lowest BCUT2D eigenvalue weighted by molar-refractivity contribution is 0.0122. The van der Waals surface area contributed by atoms with Gasteiger partial charge in [-0.2, -0.15) is 0 Å². The molecule has 1 saturated carbocycles. The molecule has 2 aliphatic carbocycles. The lowest BCUT2D eigenvalue weighted by atomic mass is 9.87. The lowest BCUT2D eigenvalue weighted by Gasteiger charge is -2.35. The number of rotatable bonds is 5. The van der Waals surface area contributed by atoms with Crippen molar-refractivity contribution in [1.82, 2.24) is 0 Å². The number of ether oxygens (including phenoxy) is 3. The predicted molar refractivity (Wildman–Crippen MR) is 123 cm³/mol. The summed E-state index contributed by atoms with van der Waals surface area (Å²) in [6.07, 6.45) is 6.89. The Morgan fingerprint density at radius 1 is 0.938 bits per heavy atom. The van der Waals surface area contributed by atoms with Crippen LogP contribution in [0.15, 0.2) is 50.0 Å². The van der Waals surface area contributed by atoms with Gasteiger partial charge in [-0.1, -0.05) is 6.42 Å². The maximum atomic E-state index is 6.27. The highest BCUT2D eigenvalue weighted by Crippen LogP contribution is 2.44. The van der Waals surface area contributed by atoms with Gasteiger partial charge in [0.25, 0.3) is 5.66 Å². The largest absolute Gasteiger partial charge is 0.491 e. The van der Waals surface area contributed by atoms with Crippen molar-refractivity contribution in [2.45, 2.75) is 89.4 Å². The van der Waals surface area contributed by atoms with E-state index >= 15 is 0 Å². The monoisotopic (exact) mass is 436 g/mol. The summed E-state index contributed by atoms with van der Waals surface area (Å²) in [5, 5.41) is 1.61. The fourth-order valence-electron chi connectivity index (χ4n) is 5.12. The average molecular weight is 437 g/mol. The minimum atomic E-state index is -1.03. The highest BCUT2D eigenvalue weighted by molar-refractivity contribution is 6.48. The van der Waals surface area contributed by atoms with Crippen molar-refractivity contribution in [1.29, 1.82) is 0 Å². The van der Waals surface area contributed by atoms with Gasteiger partial charge in [-0.3, -0.25) is 9.98 Å². The zero-order chi connectivity index (χ0) is 22.5. The van der Waals surface area contributed by atoms with Crippen LogP contribution in [0.2, 0.25) is 0 Å². The second-order valence-corrected chi connectivity index (χ2v) is 9.52. The summed E-state index contributed by atoms with van der Waals surface area (Å²) in [5.74, 6) is 1.51. The van der Waals surface area contributed by atoms with Gasteiger partial charge in [0, 0.05) is 19.6 Å². The van der Waals surface area contributed by atoms with E-state index in [0.29, 0.717) is 6.42 Å². The van der Waals surface area contributed by atoms with Crippen molar-refractivity contribution in [3.8, 4) is 5.75 Å². The van der Waals surface area contributed by atoms with E-state index in [1.807, 2.05) is 45.9 Å². The molecule has 0 saturated heterocycles. The molecular formula is C25H32N4O3. The second kappa shape index (κ2) is 7.80. The van der Waals surface area contributed by atoms with E-state index in [0.717, 1.165) is 59.3 Å². The predicted octanol–water partition coefficient (Wildman–Crippen LogP) is 3.32. The fourth-order valence-corrected chi connectivity index (χ4v) is 5.12. The third kappa shape index (κ3) is 3.38. The molecule has 7 heteroatoms. The molecule has 170 valence electrons. The van der Waals surface area contributed by atoms with E-state index in [-0.39, 0.29) is 18.3 Å². The van der Waals surface area contributed by atoms with Crippen LogP contribution in [-0.2, 0) is 9.47 Å². The molecule has 32 heavy (non-hydrogen) atoms. The van der Waals surface area contributed by atoms with Gasteiger partial charge in [0.05, 0.1) is 28.6 Å². The normalized spacial score (nSPS) is 30.5. The number of allylic oxidation sites excluding steroid dienone is 1. The summed E-state index contributed by atoms with van der Waals surface area (Å²) in [7, 11) is 1.76. The summed E-state index contributed by atoms with van der Waals surface area (Å²) < 4.78 is 18.0. The van der Waals surface area contributed by atoms with Gasteiger partial charge in [0.1, 0.15) is 23.3 Å². The summed E-state index contributed by atoms with van der Waals surface area (Å²) in [6, 6.07) is 5.87. The number of aliphatic imine (C=N–C) groups is 2. The first-order valence-electron chi connectivity index (χ1n) is 11.7. The summed E-state index contributed by atoms with van der Waals surface area (Å²) in [6.45, 7) is 8.07. The SMILES string of the molecule is COC1CCCCC12N=C1CC=C(OC(C)C)C3(N=c4ccc(OC(C)C)cc4=N3)C1=N2. The standard InChI is InChI=1S/C25H32N4O3/c1-15(2)31-17-9-10-18-20(14-17)28-25(27-18)22(32-16(3)4)12-11-19-23(25)29-24(26-19)13-7-6-8-21(24)30-5/h9-10,12,14-16,21H,6-8,11,13H2,1-5H3. The number of nitrogens with zero attached hydrogens (tertiary/aromatic N) is 4. The Bertz CT molecular complexity index is 1140. The fraction of sp³-hybridized carbons (Fsp3) is 0.600. The van der Waals surface area contributed by atoms with Crippen molar-refractivity contribution in [3.05, 3.63) is 40.7 Å². The highest BCUT2D eigenvalue weighted by Gasteiger charge is 2.54. The van der Waals surface area contributed by atoms with Gasteiger partial charge < -0.3 is 14.2 Å². The molecular weight excluding hydrogens is 404 g/mol. The molecule has 3 unspecified atom stereocenters. The van der Waals surface area contributed by atoms with Crippen LogP contribution in [0.4, 0.5) is 0 Å². The van der Waals surface area contributed by atoms with Crippen LogP contribution in [0.3, 0.4) is 0 Å². The third-order valence-corrected chi connectivity index (χ3v) is 6.37. The second-order valence-electron chi connectivity index (χ2n) is 9.52. The molecule has 7 nitrogen and oxygen atoms in total. The molecule has 0 radical (unpaired) electrons. The van der Waals surface area contributed by atoms with Crippen LogP contribution in [-0.4, -0.2) is 48.2 Å². The molecule has 1 aromatic rings. The summed E-state index contributed by atoms with van der Waals surface area (Å²) in [5.41, 5.74) is 0.155. The number of hydrogen-bond acceptors (Lipinski definition) is 7. The molecule has 2 aliphatic heterocycles. The molecule has 0 amide bonds. The molecule has 3 atom stereocenters. The van der Waals surface area contributed by atoms with E-state index in [1.165, 1.54) is 0 Å². The Labute approximate surface area is 189 Å². The number of methoxy groups -OCH3 is 1. The molecule has 4 aliphatic rings. The molecule has 2 heterocycles. The van der Waals surface area contributed by atoms with E-state index in [2.05, 4.69) is 6.08 Å². The summed E-state index contributed by atoms with van der Waals surface area (Å²) in [4.78, 5) is 20.6. The van der Waals surface area contributed by atoms with E-state index in [1.54, 1.807) is 7.11 Å². The molecule has 0 bridgehead atoms. The van der Waals surface area contributed by atoms with Crippen molar-refractivity contribution >= 4 is 11.4 Å². The molecule has 1 fully saturated rings. The van der Waals surface area contributed by atoms with Crippen LogP contribution >= 0.6 is 0 Å². The van der Waals surface area contributed by atoms with E-state index in [4.69, 9.17) is 34.2 Å². The van der Waals surface area contributed by atoms with Gasteiger partial charge in [-0.15, -0.1) is 0 Å². The zero-order valence-electron chi connectivity index (χ0n) is 19.6. The van der Waals surface area contributed by atoms with Crippen molar-refractivity contribution in [2.75, 3.05) is 7.11 Å². The van der Waals surface area contributed by atoms with Crippen LogP contribution in [0.5, 0.6) is 5.75 Å².